The number of hydrogen-bond donors (Lipinski definition) is 1. The summed E-state index contributed by atoms with van der Waals surface area (Å²) in [6, 6.07) is 0. The number of aliphatic imine (C=N–C) groups is 2. The third-order valence-electron chi connectivity index (χ3n) is 1.01. The summed E-state index contributed by atoms with van der Waals surface area (Å²) in [6.45, 7) is 3.61. The molecule has 0 atom stereocenters. The molecule has 4 nitrogen and oxygen atoms in total. The highest BCUT2D eigenvalue weighted by Crippen LogP contribution is 2.00. The predicted molar refractivity (Wildman–Crippen MR) is 37.0 cm³/mol. The van der Waals surface area contributed by atoms with Crippen molar-refractivity contribution in [3.8, 4) is 0 Å². The van der Waals surface area contributed by atoms with Gasteiger partial charge in [-0.05, 0) is 0 Å². The van der Waals surface area contributed by atoms with Crippen molar-refractivity contribution < 1.29 is 0 Å². The van der Waals surface area contributed by atoms with Crippen LogP contribution in [0.3, 0.4) is 0 Å². The largest absolute Gasteiger partial charge is 0.368 e. The molecular formula is C5H8N4. The zero-order valence-electron chi connectivity index (χ0n) is 5.20. The maximum Gasteiger partial charge on any atom is 0.223 e. The molecule has 4 heteroatoms. The first-order valence-electron chi connectivity index (χ1n) is 2.50. The van der Waals surface area contributed by atoms with Crippen molar-refractivity contribution in [1.82, 2.24) is 4.90 Å². The van der Waals surface area contributed by atoms with Gasteiger partial charge >= 0.3 is 0 Å². The minimum atomic E-state index is 0.262. The summed E-state index contributed by atoms with van der Waals surface area (Å²) in [4.78, 5) is 9.21. The molecule has 0 amide bonds. The van der Waals surface area contributed by atoms with Crippen LogP contribution in [0.4, 0.5) is 0 Å². The fraction of sp³-hybridized carbons (Fsp3) is 0.200. The summed E-state index contributed by atoms with van der Waals surface area (Å²) < 4.78 is 0. The van der Waals surface area contributed by atoms with Crippen LogP contribution in [-0.4, -0.2) is 24.2 Å². The lowest BCUT2D eigenvalue weighted by Crippen LogP contribution is -2.23. The lowest BCUT2D eigenvalue weighted by atomic mass is 10.6. The Labute approximate surface area is 53.4 Å². The van der Waals surface area contributed by atoms with Crippen molar-refractivity contribution in [1.29, 1.82) is 0 Å². The average molecular weight is 124 g/mol. The molecule has 2 N–H and O–H groups in total. The van der Waals surface area contributed by atoms with Crippen LogP contribution in [-0.2, 0) is 0 Å². The zero-order chi connectivity index (χ0) is 6.85. The third-order valence-corrected chi connectivity index (χ3v) is 1.01. The first-order valence-corrected chi connectivity index (χ1v) is 2.50. The highest BCUT2D eigenvalue weighted by Gasteiger charge is 2.01. The summed E-state index contributed by atoms with van der Waals surface area (Å²) in [7, 11) is 1.81. The van der Waals surface area contributed by atoms with Crippen molar-refractivity contribution in [2.45, 2.75) is 0 Å². The highest BCUT2D eigenvalue weighted by molar-refractivity contribution is 5.88. The van der Waals surface area contributed by atoms with Crippen LogP contribution < -0.4 is 5.73 Å². The SMILES string of the molecule is C=C1N=C(N)N=CN1C. The smallest absolute Gasteiger partial charge is 0.223 e. The zero-order valence-corrected chi connectivity index (χ0v) is 5.20. The topological polar surface area (TPSA) is 54.0 Å². The van der Waals surface area contributed by atoms with Gasteiger partial charge in [0.2, 0.25) is 5.96 Å². The van der Waals surface area contributed by atoms with Gasteiger partial charge < -0.3 is 10.6 Å². The molecule has 48 valence electrons. The molecule has 9 heavy (non-hydrogen) atoms. The van der Waals surface area contributed by atoms with E-state index in [0.717, 1.165) is 0 Å². The molecule has 0 fully saturated rings. The number of hydrogen-bond acceptors (Lipinski definition) is 4. The molecule has 1 aliphatic rings. The maximum absolute atomic E-state index is 5.25. The van der Waals surface area contributed by atoms with Crippen molar-refractivity contribution in [3.63, 3.8) is 0 Å². The maximum atomic E-state index is 5.25. The van der Waals surface area contributed by atoms with Gasteiger partial charge in [-0.3, -0.25) is 0 Å². The van der Waals surface area contributed by atoms with Crippen LogP contribution in [0.15, 0.2) is 22.4 Å². The second-order valence-corrected chi connectivity index (χ2v) is 1.74. The lowest BCUT2D eigenvalue weighted by molar-refractivity contribution is 0.632. The van der Waals surface area contributed by atoms with Gasteiger partial charge in [0.05, 0.1) is 6.34 Å². The summed E-state index contributed by atoms with van der Waals surface area (Å²) >= 11 is 0. The Morgan fingerprint density at radius 1 is 1.78 bits per heavy atom. The third kappa shape index (κ3) is 1.07. The summed E-state index contributed by atoms with van der Waals surface area (Å²) in [6.07, 6.45) is 1.57. The lowest BCUT2D eigenvalue weighted by Gasteiger charge is -2.14. The predicted octanol–water partition coefficient (Wildman–Crippen LogP) is -0.254. The van der Waals surface area contributed by atoms with E-state index in [1.54, 1.807) is 11.2 Å². The summed E-state index contributed by atoms with van der Waals surface area (Å²) in [5, 5.41) is 0. The molecule has 0 bridgehead atoms. The van der Waals surface area contributed by atoms with Crippen LogP contribution >= 0.6 is 0 Å². The monoisotopic (exact) mass is 124 g/mol. The van der Waals surface area contributed by atoms with E-state index in [1.807, 2.05) is 7.05 Å². The van der Waals surface area contributed by atoms with E-state index in [4.69, 9.17) is 5.73 Å². The Kier molecular flexibility index (Phi) is 1.22. The Morgan fingerprint density at radius 2 is 2.44 bits per heavy atom. The fourth-order valence-electron chi connectivity index (χ4n) is 0.452. The molecule has 1 aliphatic heterocycles. The second kappa shape index (κ2) is 1.89. The van der Waals surface area contributed by atoms with E-state index >= 15 is 0 Å². The minimum Gasteiger partial charge on any atom is -0.368 e. The van der Waals surface area contributed by atoms with E-state index in [-0.39, 0.29) is 5.96 Å². The average Bonchev–Trinajstić information content (AvgIpc) is 1.80. The molecule has 0 saturated carbocycles. The van der Waals surface area contributed by atoms with Gasteiger partial charge in [-0.25, -0.2) is 4.99 Å². The van der Waals surface area contributed by atoms with Crippen LogP contribution in [0.5, 0.6) is 0 Å². The number of guanidine groups is 1. The Morgan fingerprint density at radius 3 is 2.89 bits per heavy atom. The van der Waals surface area contributed by atoms with E-state index in [0.29, 0.717) is 5.82 Å². The molecular weight excluding hydrogens is 116 g/mol. The van der Waals surface area contributed by atoms with Crippen LogP contribution in [0, 0.1) is 0 Å². The van der Waals surface area contributed by atoms with Gasteiger partial charge in [0.25, 0.3) is 0 Å². The fourth-order valence-corrected chi connectivity index (χ4v) is 0.452. The number of rotatable bonds is 0. The molecule has 0 aromatic heterocycles. The molecule has 1 rings (SSSR count). The molecule has 1 heterocycles. The normalized spacial score (nSPS) is 18.1. The molecule has 0 saturated heterocycles. The molecule has 0 aromatic carbocycles. The van der Waals surface area contributed by atoms with Crippen molar-refractivity contribution >= 4 is 12.3 Å². The molecule has 0 aromatic rings. The summed E-state index contributed by atoms with van der Waals surface area (Å²) in [5.41, 5.74) is 5.25. The Balaban J connectivity index is 2.82. The van der Waals surface area contributed by atoms with E-state index in [1.165, 1.54) is 0 Å². The van der Waals surface area contributed by atoms with Gasteiger partial charge in [-0.1, -0.05) is 6.58 Å². The van der Waals surface area contributed by atoms with Crippen LogP contribution in [0.1, 0.15) is 0 Å². The first kappa shape index (κ1) is 5.81. The summed E-state index contributed by atoms with van der Waals surface area (Å²) in [5.74, 6) is 0.876. The second-order valence-electron chi connectivity index (χ2n) is 1.74. The molecule has 0 unspecified atom stereocenters. The van der Waals surface area contributed by atoms with Crippen molar-refractivity contribution in [3.05, 3.63) is 12.4 Å². The van der Waals surface area contributed by atoms with Crippen LogP contribution in [0.25, 0.3) is 0 Å². The molecule has 0 aliphatic carbocycles. The van der Waals surface area contributed by atoms with Gasteiger partial charge in [0.1, 0.15) is 5.82 Å². The first-order chi connectivity index (χ1) is 4.20. The number of nitrogens with zero attached hydrogens (tertiary/aromatic N) is 3. The standard InChI is InChI=1S/C5H8N4/c1-4-8-5(6)7-3-9(4)2/h3H,1H2,2H3,(H2,6,8). The molecule has 0 radical (unpaired) electrons. The van der Waals surface area contributed by atoms with Gasteiger partial charge in [-0.2, -0.15) is 4.99 Å². The van der Waals surface area contributed by atoms with Crippen molar-refractivity contribution in [2.75, 3.05) is 7.05 Å². The Bertz CT molecular complexity index is 191. The minimum absolute atomic E-state index is 0.262. The van der Waals surface area contributed by atoms with E-state index in [9.17, 15) is 0 Å². The van der Waals surface area contributed by atoms with Crippen molar-refractivity contribution in [2.24, 2.45) is 15.7 Å². The highest BCUT2D eigenvalue weighted by atomic mass is 15.3. The van der Waals surface area contributed by atoms with E-state index < -0.39 is 0 Å². The van der Waals surface area contributed by atoms with E-state index in [2.05, 4.69) is 16.6 Å². The number of nitrogens with two attached hydrogens (primary N) is 1. The van der Waals surface area contributed by atoms with Gasteiger partial charge in [0, 0.05) is 7.05 Å². The van der Waals surface area contributed by atoms with Gasteiger partial charge in [-0.15, -0.1) is 0 Å². The van der Waals surface area contributed by atoms with Crippen LogP contribution in [0.2, 0.25) is 0 Å². The molecule has 0 spiro atoms. The quantitative estimate of drug-likeness (QED) is 0.484. The van der Waals surface area contributed by atoms with Gasteiger partial charge in [0.15, 0.2) is 0 Å². The Hall–Kier alpha value is -1.32.